The van der Waals surface area contributed by atoms with E-state index in [2.05, 4.69) is 0 Å². The lowest BCUT2D eigenvalue weighted by atomic mass is 10.1. The fourth-order valence-corrected chi connectivity index (χ4v) is 3.20. The molecule has 0 fully saturated rings. The molecule has 2 N–H and O–H groups in total. The molecule has 2 rings (SSSR count). The van der Waals surface area contributed by atoms with Crippen LogP contribution < -0.4 is 0 Å². The Morgan fingerprint density at radius 1 is 1.06 bits per heavy atom. The van der Waals surface area contributed by atoms with Gasteiger partial charge in [-0.25, -0.2) is 5.06 Å². The molecule has 0 spiro atoms. The van der Waals surface area contributed by atoms with Crippen molar-refractivity contribution in [2.75, 3.05) is 20.2 Å². The zero-order chi connectivity index (χ0) is 22.8. The zero-order valence-corrected chi connectivity index (χ0v) is 17.4. The predicted octanol–water partition coefficient (Wildman–Crippen LogP) is 2.66. The molecule has 9 heteroatoms. The quantitative estimate of drug-likeness (QED) is 0.321. The predicted molar refractivity (Wildman–Crippen MR) is 114 cm³/mol. The molecule has 2 aromatic carbocycles. The van der Waals surface area contributed by atoms with Crippen LogP contribution in [-0.2, 0) is 11.2 Å². The summed E-state index contributed by atoms with van der Waals surface area (Å²) in [6.45, 7) is -0.0638. The largest absolute Gasteiger partial charge is 0.396 e. The number of non-ortho nitro benzene ring substituents is 1. The van der Waals surface area contributed by atoms with Gasteiger partial charge in [-0.15, -0.1) is 0 Å². The molecule has 166 valence electrons. The maximum absolute atomic E-state index is 12.8. The van der Waals surface area contributed by atoms with E-state index in [1.807, 2.05) is 30.3 Å². The zero-order valence-electron chi connectivity index (χ0n) is 17.4. The molecule has 0 aliphatic heterocycles. The molecule has 1 atom stereocenters. The normalized spacial score (nSPS) is 11.6. The summed E-state index contributed by atoms with van der Waals surface area (Å²) in [4.78, 5) is 37.0. The van der Waals surface area contributed by atoms with Crippen molar-refractivity contribution in [3.8, 4) is 0 Å². The van der Waals surface area contributed by atoms with Crippen LogP contribution in [0, 0.1) is 10.1 Å². The number of amides is 2. The highest BCUT2D eigenvalue weighted by Crippen LogP contribution is 2.17. The van der Waals surface area contributed by atoms with Crippen LogP contribution in [0.4, 0.5) is 5.69 Å². The number of nitro benzene ring substituents is 1. The van der Waals surface area contributed by atoms with E-state index < -0.39 is 22.8 Å². The summed E-state index contributed by atoms with van der Waals surface area (Å²) < 4.78 is 0. The summed E-state index contributed by atoms with van der Waals surface area (Å²) in [5, 5.41) is 30.8. The van der Waals surface area contributed by atoms with E-state index >= 15 is 0 Å². The number of carbonyl (C=O) groups excluding carboxylic acids is 2. The molecule has 0 saturated heterocycles. The van der Waals surface area contributed by atoms with Crippen LogP contribution in [0.3, 0.4) is 0 Å². The van der Waals surface area contributed by atoms with E-state index in [9.17, 15) is 24.9 Å². The second kappa shape index (κ2) is 11.8. The summed E-state index contributed by atoms with van der Waals surface area (Å²) >= 11 is 0. The highest BCUT2D eigenvalue weighted by molar-refractivity contribution is 5.97. The molecule has 0 aromatic heterocycles. The molecule has 0 aliphatic rings. The van der Waals surface area contributed by atoms with E-state index in [1.165, 1.54) is 36.2 Å². The number of aliphatic hydroxyl groups excluding tert-OH is 1. The molecule has 0 radical (unpaired) electrons. The highest BCUT2D eigenvalue weighted by Gasteiger charge is 2.30. The number of hydrogen-bond acceptors (Lipinski definition) is 6. The van der Waals surface area contributed by atoms with Gasteiger partial charge in [0, 0.05) is 37.9 Å². The van der Waals surface area contributed by atoms with Gasteiger partial charge in [-0.3, -0.25) is 24.9 Å². The summed E-state index contributed by atoms with van der Waals surface area (Å²) in [5.41, 5.74) is 1.13. The van der Waals surface area contributed by atoms with Gasteiger partial charge in [-0.1, -0.05) is 30.3 Å². The lowest BCUT2D eigenvalue weighted by molar-refractivity contribution is -0.384. The van der Waals surface area contributed by atoms with Gasteiger partial charge in [0.2, 0.25) is 0 Å². The van der Waals surface area contributed by atoms with Crippen LogP contribution in [0.25, 0.3) is 0 Å². The number of aryl methyl sites for hydroxylation is 1. The van der Waals surface area contributed by atoms with E-state index in [4.69, 9.17) is 5.11 Å². The number of benzene rings is 2. The van der Waals surface area contributed by atoms with E-state index in [-0.39, 0.29) is 37.2 Å². The van der Waals surface area contributed by atoms with Crippen molar-refractivity contribution in [1.29, 1.82) is 0 Å². The minimum Gasteiger partial charge on any atom is -0.396 e. The standard InChI is InChI=1S/C22H27N3O6/c1-23(21(27)18-11-13-19(14-12-18)25(30)31)20(10-6-16-26)22(28)24(29)15-5-9-17-7-3-2-4-8-17/h2-4,7-8,11-14,20,26,29H,5-6,9-10,15-16H2,1H3/t20-/m0/s1. The van der Waals surface area contributed by atoms with Gasteiger partial charge in [0.25, 0.3) is 17.5 Å². The lowest BCUT2D eigenvalue weighted by Gasteiger charge is -2.30. The van der Waals surface area contributed by atoms with Crippen LogP contribution in [0.2, 0.25) is 0 Å². The first kappa shape index (κ1) is 24.0. The minimum absolute atomic E-state index is 0.100. The van der Waals surface area contributed by atoms with Gasteiger partial charge in [-0.05, 0) is 43.4 Å². The van der Waals surface area contributed by atoms with Crippen molar-refractivity contribution in [2.45, 2.75) is 31.7 Å². The van der Waals surface area contributed by atoms with Crippen molar-refractivity contribution in [3.05, 3.63) is 75.8 Å². The van der Waals surface area contributed by atoms with Crippen molar-refractivity contribution in [2.24, 2.45) is 0 Å². The van der Waals surface area contributed by atoms with Crippen LogP contribution >= 0.6 is 0 Å². The van der Waals surface area contributed by atoms with Gasteiger partial charge in [0.05, 0.1) is 4.92 Å². The molecule has 2 aromatic rings. The third kappa shape index (κ3) is 6.87. The first-order chi connectivity index (χ1) is 14.8. The van der Waals surface area contributed by atoms with Crippen molar-refractivity contribution < 1.29 is 24.8 Å². The Morgan fingerprint density at radius 3 is 2.29 bits per heavy atom. The summed E-state index contributed by atoms with van der Waals surface area (Å²) in [6.07, 6.45) is 1.66. The Kier molecular flexibility index (Phi) is 9.11. The number of rotatable bonds is 11. The summed E-state index contributed by atoms with van der Waals surface area (Å²) in [5.74, 6) is -1.15. The average molecular weight is 429 g/mol. The van der Waals surface area contributed by atoms with Crippen LogP contribution in [0.1, 0.15) is 35.2 Å². The number of hydrogen-bond donors (Lipinski definition) is 2. The second-order valence-corrected chi connectivity index (χ2v) is 7.15. The minimum atomic E-state index is -0.975. The fraction of sp³-hybridized carbons (Fsp3) is 0.364. The van der Waals surface area contributed by atoms with E-state index in [0.29, 0.717) is 17.9 Å². The van der Waals surface area contributed by atoms with Gasteiger partial charge in [-0.2, -0.15) is 0 Å². The third-order valence-electron chi connectivity index (χ3n) is 4.97. The monoisotopic (exact) mass is 429 g/mol. The molecule has 2 amide bonds. The molecule has 0 unspecified atom stereocenters. The Labute approximate surface area is 180 Å². The number of nitro groups is 1. The van der Waals surface area contributed by atoms with Crippen LogP contribution in [0.5, 0.6) is 0 Å². The Balaban J connectivity index is 2.04. The van der Waals surface area contributed by atoms with E-state index in [0.717, 1.165) is 5.56 Å². The molecule has 0 bridgehead atoms. The number of hydroxylamine groups is 2. The molecule has 31 heavy (non-hydrogen) atoms. The molecule has 0 saturated carbocycles. The molecule has 0 aliphatic carbocycles. The number of likely N-dealkylation sites (N-methyl/N-ethyl adjacent to an activating group) is 1. The van der Waals surface area contributed by atoms with E-state index in [1.54, 1.807) is 0 Å². The highest BCUT2D eigenvalue weighted by atomic mass is 16.6. The topological polar surface area (TPSA) is 124 Å². The lowest BCUT2D eigenvalue weighted by Crippen LogP contribution is -2.48. The average Bonchev–Trinajstić information content (AvgIpc) is 2.79. The first-order valence-corrected chi connectivity index (χ1v) is 10.0. The molecular formula is C22H27N3O6. The number of carbonyl (C=O) groups is 2. The van der Waals surface area contributed by atoms with Gasteiger partial charge >= 0.3 is 0 Å². The Morgan fingerprint density at radius 2 is 1.71 bits per heavy atom. The number of aliphatic hydroxyl groups is 1. The summed E-state index contributed by atoms with van der Waals surface area (Å²) in [6, 6.07) is 13.8. The molecule has 9 nitrogen and oxygen atoms in total. The van der Waals surface area contributed by atoms with Gasteiger partial charge in [0.1, 0.15) is 6.04 Å². The SMILES string of the molecule is CN(C(=O)c1ccc([N+](=O)[O-])cc1)[C@@H](CCCO)C(=O)N(O)CCCc1ccccc1. The smallest absolute Gasteiger partial charge is 0.269 e. The van der Waals surface area contributed by atoms with Crippen molar-refractivity contribution >= 4 is 17.5 Å². The second-order valence-electron chi connectivity index (χ2n) is 7.15. The number of nitrogens with zero attached hydrogens (tertiary/aromatic N) is 3. The Bertz CT molecular complexity index is 873. The molecule has 0 heterocycles. The van der Waals surface area contributed by atoms with Gasteiger partial charge < -0.3 is 10.0 Å². The Hall–Kier alpha value is -3.30. The molecular weight excluding hydrogens is 402 g/mol. The van der Waals surface area contributed by atoms with Crippen LogP contribution in [-0.4, -0.2) is 63.3 Å². The fourth-order valence-electron chi connectivity index (χ4n) is 3.20. The third-order valence-corrected chi connectivity index (χ3v) is 4.97. The first-order valence-electron chi connectivity index (χ1n) is 10.0. The summed E-state index contributed by atoms with van der Waals surface area (Å²) in [7, 11) is 1.43. The maximum atomic E-state index is 12.8. The van der Waals surface area contributed by atoms with Crippen molar-refractivity contribution in [1.82, 2.24) is 9.96 Å². The maximum Gasteiger partial charge on any atom is 0.269 e. The van der Waals surface area contributed by atoms with Crippen molar-refractivity contribution in [3.63, 3.8) is 0 Å². The van der Waals surface area contributed by atoms with Crippen LogP contribution in [0.15, 0.2) is 54.6 Å². The van der Waals surface area contributed by atoms with Gasteiger partial charge in [0.15, 0.2) is 0 Å².